The quantitative estimate of drug-likeness (QED) is 0.538. The van der Waals surface area contributed by atoms with E-state index < -0.39 is 17.7 Å². The van der Waals surface area contributed by atoms with E-state index in [0.29, 0.717) is 0 Å². The lowest BCUT2D eigenvalue weighted by atomic mass is 10.1. The number of ether oxygens (including phenoxy) is 2. The van der Waals surface area contributed by atoms with Gasteiger partial charge in [-0.1, -0.05) is 0 Å². The predicted molar refractivity (Wildman–Crippen MR) is 106 cm³/mol. The molecule has 0 spiro atoms. The molecule has 3 heterocycles. The summed E-state index contributed by atoms with van der Waals surface area (Å²) >= 11 is 1.13. The molecule has 3 aromatic heterocycles. The first-order valence-electron chi connectivity index (χ1n) is 8.64. The second-order valence-corrected chi connectivity index (χ2v) is 8.04. The number of pyridine rings is 1. The Morgan fingerprint density at radius 3 is 2.82 bits per heavy atom. The van der Waals surface area contributed by atoms with Crippen molar-refractivity contribution in [1.82, 2.24) is 15.3 Å². The third-order valence-electron chi connectivity index (χ3n) is 3.65. The van der Waals surface area contributed by atoms with E-state index in [2.05, 4.69) is 15.3 Å². The summed E-state index contributed by atoms with van der Waals surface area (Å²) in [4.78, 5) is 31.4. The Balaban J connectivity index is 1.71. The molecular formula is C19H21N3O5S. The number of amides is 1. The fourth-order valence-corrected chi connectivity index (χ4v) is 3.55. The number of carbonyl (C=O) groups excluding carboxylic acids is 1. The van der Waals surface area contributed by atoms with Crippen molar-refractivity contribution >= 4 is 34.4 Å². The number of nitrogens with one attached hydrogen (secondary N) is 2. The smallest absolute Gasteiger partial charge is 0.407 e. The lowest BCUT2D eigenvalue weighted by Crippen LogP contribution is -2.34. The van der Waals surface area contributed by atoms with Gasteiger partial charge in [-0.3, -0.25) is 0 Å². The van der Waals surface area contributed by atoms with E-state index in [-0.39, 0.29) is 23.8 Å². The molecule has 1 amide bonds. The van der Waals surface area contributed by atoms with Gasteiger partial charge < -0.3 is 24.9 Å². The number of carboxylic acids is 1. The van der Waals surface area contributed by atoms with Crippen molar-refractivity contribution in [2.75, 3.05) is 13.2 Å². The number of carboxylic acid groups (broad SMARTS) is 1. The van der Waals surface area contributed by atoms with Gasteiger partial charge in [-0.25, -0.2) is 14.6 Å². The van der Waals surface area contributed by atoms with Crippen LogP contribution < -0.4 is 10.1 Å². The summed E-state index contributed by atoms with van der Waals surface area (Å²) in [6, 6.07) is 5.42. The number of aromatic nitrogens is 2. The first kappa shape index (κ1) is 19.7. The van der Waals surface area contributed by atoms with Crippen molar-refractivity contribution in [2.24, 2.45) is 0 Å². The zero-order valence-corrected chi connectivity index (χ0v) is 16.6. The van der Waals surface area contributed by atoms with Crippen LogP contribution in [0.4, 0.5) is 4.79 Å². The van der Waals surface area contributed by atoms with Gasteiger partial charge in [0.25, 0.3) is 0 Å². The number of hydrogen-bond acceptors (Lipinski definition) is 6. The van der Waals surface area contributed by atoms with E-state index in [1.807, 2.05) is 12.1 Å². The maximum atomic E-state index is 11.6. The molecular weight excluding hydrogens is 382 g/mol. The topological polar surface area (TPSA) is 114 Å². The summed E-state index contributed by atoms with van der Waals surface area (Å²) in [5.41, 5.74) is 1.02. The maximum absolute atomic E-state index is 11.6. The number of aromatic carboxylic acids is 1. The molecule has 0 aliphatic carbocycles. The van der Waals surface area contributed by atoms with Gasteiger partial charge in [-0.05, 0) is 39.0 Å². The Morgan fingerprint density at radius 1 is 1.32 bits per heavy atom. The average molecular weight is 403 g/mol. The van der Waals surface area contributed by atoms with Crippen molar-refractivity contribution < 1.29 is 24.2 Å². The van der Waals surface area contributed by atoms with E-state index in [9.17, 15) is 14.7 Å². The molecule has 3 N–H and O–H groups in total. The Morgan fingerprint density at radius 2 is 2.11 bits per heavy atom. The number of nitrogens with zero attached hydrogens (tertiary/aromatic N) is 1. The van der Waals surface area contributed by atoms with Crippen molar-refractivity contribution in [1.29, 1.82) is 0 Å². The van der Waals surface area contributed by atoms with Crippen LogP contribution in [-0.4, -0.2) is 45.9 Å². The highest BCUT2D eigenvalue weighted by atomic mass is 32.1. The minimum Gasteiger partial charge on any atom is -0.490 e. The first-order valence-corrected chi connectivity index (χ1v) is 9.45. The highest BCUT2D eigenvalue weighted by Gasteiger charge is 2.20. The number of thiophene rings is 1. The lowest BCUT2D eigenvalue weighted by Gasteiger charge is -2.19. The van der Waals surface area contributed by atoms with Crippen molar-refractivity contribution in [2.45, 2.75) is 26.4 Å². The number of H-pyrrole nitrogens is 1. The number of carbonyl (C=O) groups is 2. The monoisotopic (exact) mass is 403 g/mol. The Hall–Kier alpha value is -3.07. The van der Waals surface area contributed by atoms with E-state index in [0.717, 1.165) is 32.8 Å². The molecule has 0 saturated carbocycles. The molecule has 0 aliphatic rings. The van der Waals surface area contributed by atoms with Gasteiger partial charge in [-0.15, -0.1) is 11.3 Å². The molecule has 0 saturated heterocycles. The molecule has 9 heteroatoms. The average Bonchev–Trinajstić information content (AvgIpc) is 3.23. The third-order valence-corrected chi connectivity index (χ3v) is 4.78. The van der Waals surface area contributed by atoms with E-state index in [1.54, 1.807) is 39.2 Å². The van der Waals surface area contributed by atoms with Crippen LogP contribution >= 0.6 is 11.3 Å². The molecule has 3 rings (SSSR count). The van der Waals surface area contributed by atoms with Gasteiger partial charge in [0, 0.05) is 28.2 Å². The molecule has 148 valence electrons. The van der Waals surface area contributed by atoms with Gasteiger partial charge in [0.05, 0.1) is 6.54 Å². The molecule has 0 radical (unpaired) electrons. The molecule has 0 unspecified atom stereocenters. The van der Waals surface area contributed by atoms with Crippen molar-refractivity contribution in [3.05, 3.63) is 35.5 Å². The summed E-state index contributed by atoms with van der Waals surface area (Å²) in [5, 5.41) is 13.0. The number of alkyl carbamates (subject to hydrolysis) is 1. The van der Waals surface area contributed by atoms with Gasteiger partial charge in [-0.2, -0.15) is 0 Å². The SMILES string of the molecule is CC(C)(C)OC(=O)NCCOc1cc(-c2ccnc3[nH]ccc23)sc1C(=O)O. The van der Waals surface area contributed by atoms with E-state index in [1.165, 1.54) is 0 Å². The van der Waals surface area contributed by atoms with Gasteiger partial charge >= 0.3 is 12.1 Å². The standard InChI is InChI=1S/C19H21N3O5S/c1-19(2,3)27-18(25)22-8-9-26-13-10-14(28-15(13)17(23)24)11-4-6-20-16-12(11)5-7-21-16/h4-7,10H,8-9H2,1-3H3,(H,20,21)(H,22,25)(H,23,24). The van der Waals surface area contributed by atoms with Crippen LogP contribution in [0.2, 0.25) is 0 Å². The minimum atomic E-state index is -1.06. The third kappa shape index (κ3) is 4.61. The molecule has 0 aromatic carbocycles. The molecule has 8 nitrogen and oxygen atoms in total. The molecule has 0 atom stereocenters. The van der Waals surface area contributed by atoms with Crippen molar-refractivity contribution in [3.8, 4) is 16.2 Å². The molecule has 28 heavy (non-hydrogen) atoms. The van der Waals surface area contributed by atoms with Crippen LogP contribution in [-0.2, 0) is 4.74 Å². The Bertz CT molecular complexity index is 1000. The van der Waals surface area contributed by atoms with Crippen LogP contribution in [0.25, 0.3) is 21.5 Å². The maximum Gasteiger partial charge on any atom is 0.407 e. The summed E-state index contributed by atoms with van der Waals surface area (Å²) in [7, 11) is 0. The summed E-state index contributed by atoms with van der Waals surface area (Å²) in [6.45, 7) is 5.63. The van der Waals surface area contributed by atoms with Crippen LogP contribution in [0.1, 0.15) is 30.4 Å². The van der Waals surface area contributed by atoms with Gasteiger partial charge in [0.1, 0.15) is 23.6 Å². The highest BCUT2D eigenvalue weighted by Crippen LogP contribution is 2.38. The number of fused-ring (bicyclic) bond motifs is 1. The van der Waals surface area contributed by atoms with E-state index in [4.69, 9.17) is 9.47 Å². The first-order chi connectivity index (χ1) is 13.2. The van der Waals surface area contributed by atoms with Crippen molar-refractivity contribution in [3.63, 3.8) is 0 Å². The Labute approximate surface area is 165 Å². The number of rotatable bonds is 6. The van der Waals surface area contributed by atoms with Crippen LogP contribution in [0.3, 0.4) is 0 Å². The van der Waals surface area contributed by atoms with Crippen LogP contribution in [0, 0.1) is 0 Å². The van der Waals surface area contributed by atoms with Gasteiger partial charge in [0.2, 0.25) is 0 Å². The van der Waals surface area contributed by atoms with Crippen LogP contribution in [0.15, 0.2) is 30.6 Å². The zero-order valence-electron chi connectivity index (χ0n) is 15.7. The Kier molecular flexibility index (Phi) is 5.55. The van der Waals surface area contributed by atoms with Gasteiger partial charge in [0.15, 0.2) is 4.88 Å². The predicted octanol–water partition coefficient (Wildman–Crippen LogP) is 3.89. The summed E-state index contributed by atoms with van der Waals surface area (Å²) in [5.74, 6) is -0.801. The fourth-order valence-electron chi connectivity index (χ4n) is 2.57. The molecule has 3 aromatic rings. The van der Waals surface area contributed by atoms with E-state index >= 15 is 0 Å². The summed E-state index contributed by atoms with van der Waals surface area (Å²) in [6.07, 6.45) is 2.90. The number of hydrogen-bond donors (Lipinski definition) is 3. The second-order valence-electron chi connectivity index (χ2n) is 6.98. The molecule has 0 fully saturated rings. The molecule has 0 aliphatic heterocycles. The highest BCUT2D eigenvalue weighted by molar-refractivity contribution is 7.17. The number of aromatic amines is 1. The molecule has 0 bridgehead atoms. The zero-order chi connectivity index (χ0) is 20.3. The van der Waals surface area contributed by atoms with Crippen LogP contribution in [0.5, 0.6) is 5.75 Å². The minimum absolute atomic E-state index is 0.104. The second kappa shape index (κ2) is 7.89. The lowest BCUT2D eigenvalue weighted by molar-refractivity contribution is 0.0518. The summed E-state index contributed by atoms with van der Waals surface area (Å²) < 4.78 is 10.8. The fraction of sp³-hybridized carbons (Fsp3) is 0.316. The largest absolute Gasteiger partial charge is 0.490 e. The normalized spacial score (nSPS) is 11.4.